The zero-order chi connectivity index (χ0) is 14.0. The van der Waals surface area contributed by atoms with Crippen LogP contribution in [0.5, 0.6) is 0 Å². The van der Waals surface area contributed by atoms with E-state index < -0.39 is 0 Å². The molecule has 4 aliphatic rings. The van der Waals surface area contributed by atoms with Gasteiger partial charge >= 0.3 is 0 Å². The Balaban J connectivity index is 1.67. The summed E-state index contributed by atoms with van der Waals surface area (Å²) in [5.74, 6) is 3.82. The first-order valence-corrected chi connectivity index (χ1v) is 9.07. The Bertz CT molecular complexity index is 427. The van der Waals surface area contributed by atoms with Crippen LogP contribution in [0.3, 0.4) is 0 Å². The molecular weight excluding hydrogens is 244 g/mol. The molecule has 0 spiro atoms. The number of ketones is 1. The van der Waals surface area contributed by atoms with Gasteiger partial charge in [0.2, 0.25) is 0 Å². The number of Topliss-reactive ketones (excluding diaryl/α,β-unsaturated/α-hetero) is 1. The summed E-state index contributed by atoms with van der Waals surface area (Å²) in [5, 5.41) is 0. The van der Waals surface area contributed by atoms with Crippen LogP contribution in [0.4, 0.5) is 0 Å². The Morgan fingerprint density at radius 1 is 0.900 bits per heavy atom. The molecule has 0 radical (unpaired) electrons. The predicted molar refractivity (Wildman–Crippen MR) is 81.4 cm³/mol. The van der Waals surface area contributed by atoms with Gasteiger partial charge in [-0.1, -0.05) is 20.3 Å². The zero-order valence-electron chi connectivity index (χ0n) is 13.3. The number of hydrogen-bond acceptors (Lipinski definition) is 1. The van der Waals surface area contributed by atoms with Crippen molar-refractivity contribution in [2.24, 2.45) is 34.5 Å². The van der Waals surface area contributed by atoms with E-state index in [4.69, 9.17) is 0 Å². The Morgan fingerprint density at radius 3 is 2.60 bits per heavy atom. The molecule has 0 bridgehead atoms. The molecule has 0 heterocycles. The molecule has 0 aromatic carbocycles. The highest BCUT2D eigenvalue weighted by molar-refractivity contribution is 5.82. The van der Waals surface area contributed by atoms with Crippen molar-refractivity contribution in [2.45, 2.75) is 78.1 Å². The maximum Gasteiger partial charge on any atom is 0.136 e. The first-order valence-electron chi connectivity index (χ1n) is 9.07. The third-order valence-electron chi connectivity index (χ3n) is 8.18. The van der Waals surface area contributed by atoms with Crippen molar-refractivity contribution in [3.05, 3.63) is 0 Å². The fraction of sp³-hybridized carbons (Fsp3) is 0.947. The van der Waals surface area contributed by atoms with Gasteiger partial charge in [-0.3, -0.25) is 4.79 Å². The summed E-state index contributed by atoms with van der Waals surface area (Å²) in [6, 6.07) is 0. The van der Waals surface area contributed by atoms with Gasteiger partial charge in [0.1, 0.15) is 5.78 Å². The second-order valence-corrected chi connectivity index (χ2v) is 8.92. The molecule has 20 heavy (non-hydrogen) atoms. The van der Waals surface area contributed by atoms with E-state index in [0.717, 1.165) is 30.6 Å². The third-order valence-corrected chi connectivity index (χ3v) is 8.18. The fourth-order valence-electron chi connectivity index (χ4n) is 7.16. The molecule has 1 heteroatoms. The molecule has 4 rings (SSSR count). The zero-order valence-corrected chi connectivity index (χ0v) is 13.3. The van der Waals surface area contributed by atoms with Crippen molar-refractivity contribution in [3.8, 4) is 0 Å². The second-order valence-electron chi connectivity index (χ2n) is 8.92. The lowest BCUT2D eigenvalue weighted by atomic mass is 9.45. The van der Waals surface area contributed by atoms with E-state index in [-0.39, 0.29) is 0 Å². The lowest BCUT2D eigenvalue weighted by Crippen LogP contribution is -2.53. The summed E-state index contributed by atoms with van der Waals surface area (Å²) in [7, 11) is 0. The molecule has 0 saturated heterocycles. The third kappa shape index (κ3) is 1.64. The van der Waals surface area contributed by atoms with E-state index in [9.17, 15) is 4.79 Å². The minimum absolute atomic E-state index is 0.363. The smallest absolute Gasteiger partial charge is 0.136 e. The lowest BCUT2D eigenvalue weighted by Gasteiger charge is -2.59. The summed E-state index contributed by atoms with van der Waals surface area (Å²) in [5.41, 5.74) is 1.02. The summed E-state index contributed by atoms with van der Waals surface area (Å²) >= 11 is 0. The summed E-state index contributed by atoms with van der Waals surface area (Å²) < 4.78 is 0. The van der Waals surface area contributed by atoms with Gasteiger partial charge in [0.15, 0.2) is 0 Å². The van der Waals surface area contributed by atoms with E-state index in [0.29, 0.717) is 22.5 Å². The van der Waals surface area contributed by atoms with Gasteiger partial charge in [-0.05, 0) is 80.0 Å². The first kappa shape index (κ1) is 13.3. The van der Waals surface area contributed by atoms with Crippen LogP contribution in [0.25, 0.3) is 0 Å². The van der Waals surface area contributed by atoms with Crippen LogP contribution >= 0.6 is 0 Å². The molecule has 4 aliphatic carbocycles. The van der Waals surface area contributed by atoms with E-state index in [1.54, 1.807) is 0 Å². The van der Waals surface area contributed by atoms with Crippen molar-refractivity contribution in [2.75, 3.05) is 0 Å². The average Bonchev–Trinajstić information content (AvgIpc) is 2.80. The molecule has 0 amide bonds. The molecule has 0 N–H and O–H groups in total. The van der Waals surface area contributed by atoms with Crippen molar-refractivity contribution in [3.63, 3.8) is 0 Å². The van der Waals surface area contributed by atoms with Gasteiger partial charge in [-0.15, -0.1) is 0 Å². The standard InChI is InChI=1S/C19H30O/c1-18-10-3-5-14(18)13-7-8-16-17(20)6-4-11-19(16,2)15(13)9-12-18/h13-16H,3-12H2,1-2H3/t13-,14-,15-,16-,18-,19+/m0/s1. The topological polar surface area (TPSA) is 17.1 Å². The maximum atomic E-state index is 12.4. The Kier molecular flexibility index (Phi) is 2.89. The second kappa shape index (κ2) is 4.34. The highest BCUT2D eigenvalue weighted by atomic mass is 16.1. The number of fused-ring (bicyclic) bond motifs is 5. The Morgan fingerprint density at radius 2 is 1.75 bits per heavy atom. The van der Waals surface area contributed by atoms with Crippen molar-refractivity contribution < 1.29 is 4.79 Å². The van der Waals surface area contributed by atoms with Crippen LogP contribution < -0.4 is 0 Å². The van der Waals surface area contributed by atoms with Crippen LogP contribution in [0, 0.1) is 34.5 Å². The number of rotatable bonds is 0. The molecule has 0 aromatic heterocycles. The van der Waals surface area contributed by atoms with Crippen LogP contribution in [0.2, 0.25) is 0 Å². The van der Waals surface area contributed by atoms with Gasteiger partial charge in [-0.25, -0.2) is 0 Å². The lowest BCUT2D eigenvalue weighted by molar-refractivity contribution is -0.146. The van der Waals surface area contributed by atoms with E-state index in [1.807, 2.05) is 0 Å². The Hall–Kier alpha value is -0.330. The molecule has 0 aromatic rings. The minimum Gasteiger partial charge on any atom is -0.299 e. The molecule has 0 aliphatic heterocycles. The molecule has 1 nitrogen and oxygen atoms in total. The SMILES string of the molecule is C[C@@]12CCC[C@H]1[C@@H]1CC[C@H]3C(=O)CCC[C@]3(C)[C@H]1CC2. The summed E-state index contributed by atoms with van der Waals surface area (Å²) in [4.78, 5) is 12.4. The largest absolute Gasteiger partial charge is 0.299 e. The van der Waals surface area contributed by atoms with Crippen molar-refractivity contribution in [1.82, 2.24) is 0 Å². The van der Waals surface area contributed by atoms with Crippen LogP contribution in [-0.2, 0) is 4.79 Å². The van der Waals surface area contributed by atoms with Gasteiger partial charge in [0.25, 0.3) is 0 Å². The molecule has 0 unspecified atom stereocenters. The number of hydrogen-bond donors (Lipinski definition) is 0. The highest BCUT2D eigenvalue weighted by Gasteiger charge is 2.58. The van der Waals surface area contributed by atoms with Crippen molar-refractivity contribution >= 4 is 5.78 Å². The van der Waals surface area contributed by atoms with Gasteiger partial charge in [0.05, 0.1) is 0 Å². The molecule has 6 atom stereocenters. The Labute approximate surface area is 123 Å². The maximum absolute atomic E-state index is 12.4. The highest BCUT2D eigenvalue weighted by Crippen LogP contribution is 2.65. The predicted octanol–water partition coefficient (Wildman–Crippen LogP) is 4.99. The fourth-order valence-corrected chi connectivity index (χ4v) is 7.16. The minimum atomic E-state index is 0.363. The van der Waals surface area contributed by atoms with Crippen LogP contribution in [0.15, 0.2) is 0 Å². The average molecular weight is 274 g/mol. The van der Waals surface area contributed by atoms with Crippen molar-refractivity contribution in [1.29, 1.82) is 0 Å². The molecule has 4 saturated carbocycles. The van der Waals surface area contributed by atoms with Gasteiger partial charge in [0, 0.05) is 12.3 Å². The summed E-state index contributed by atoms with van der Waals surface area (Å²) in [6.07, 6.45) is 13.2. The van der Waals surface area contributed by atoms with Crippen LogP contribution in [-0.4, -0.2) is 5.78 Å². The van der Waals surface area contributed by atoms with Crippen LogP contribution in [0.1, 0.15) is 78.1 Å². The number of carbonyl (C=O) groups excluding carboxylic acids is 1. The molecule has 112 valence electrons. The van der Waals surface area contributed by atoms with E-state index in [2.05, 4.69) is 13.8 Å². The quantitative estimate of drug-likeness (QED) is 0.608. The summed E-state index contributed by atoms with van der Waals surface area (Å²) in [6.45, 7) is 5.06. The monoisotopic (exact) mass is 274 g/mol. The van der Waals surface area contributed by atoms with Gasteiger partial charge in [-0.2, -0.15) is 0 Å². The molecular formula is C19H30O. The first-order chi connectivity index (χ1) is 9.55. The van der Waals surface area contributed by atoms with Gasteiger partial charge < -0.3 is 0 Å². The number of carbonyl (C=O) groups is 1. The normalized spacial score (nSPS) is 55.0. The van der Waals surface area contributed by atoms with E-state index in [1.165, 1.54) is 51.4 Å². The molecule has 4 fully saturated rings. The van der Waals surface area contributed by atoms with E-state index >= 15 is 0 Å².